The third kappa shape index (κ3) is 4.50. The monoisotopic (exact) mass is 507 g/mol. The standard InChI is InChI=1S/C28H26ClNO6/c1-15(31)24-20-13-19(21(29)14-22(20)30(26(24)33)27(34)36-28(2,3)4)17-11-9-16(10-12-17)18-7-6-8-23(35-5)25(18)32/h6-14,31-32H,1-5H3/b24-15+. The number of aliphatic hydroxyl groups excluding tert-OH is 1. The lowest BCUT2D eigenvalue weighted by atomic mass is 9.96. The van der Waals surface area contributed by atoms with Crippen molar-refractivity contribution in [2.75, 3.05) is 12.0 Å². The summed E-state index contributed by atoms with van der Waals surface area (Å²) in [5.41, 5.74) is 2.53. The van der Waals surface area contributed by atoms with Crippen molar-refractivity contribution >= 4 is 34.9 Å². The Bertz CT molecular complexity index is 1400. The molecule has 186 valence electrons. The largest absolute Gasteiger partial charge is 0.512 e. The van der Waals surface area contributed by atoms with Gasteiger partial charge in [0.2, 0.25) is 0 Å². The van der Waals surface area contributed by atoms with Gasteiger partial charge in [0, 0.05) is 16.7 Å². The molecule has 2 N–H and O–H groups in total. The van der Waals surface area contributed by atoms with Crippen molar-refractivity contribution in [3.05, 3.63) is 70.9 Å². The van der Waals surface area contributed by atoms with E-state index in [-0.39, 0.29) is 22.8 Å². The molecule has 1 aliphatic rings. The van der Waals surface area contributed by atoms with Crippen LogP contribution in [0.3, 0.4) is 0 Å². The number of ether oxygens (including phenoxy) is 2. The third-order valence-corrected chi connectivity index (χ3v) is 5.99. The molecule has 0 fully saturated rings. The first kappa shape index (κ1) is 25.1. The Morgan fingerprint density at radius 1 is 0.972 bits per heavy atom. The number of rotatable bonds is 3. The molecule has 0 bridgehead atoms. The minimum absolute atomic E-state index is 0.00620. The number of aliphatic hydroxyl groups is 1. The molecule has 1 aliphatic heterocycles. The summed E-state index contributed by atoms with van der Waals surface area (Å²) in [7, 11) is 1.49. The number of hydrogen-bond acceptors (Lipinski definition) is 6. The molecule has 0 saturated carbocycles. The molecule has 0 spiro atoms. The fraction of sp³-hybridized carbons (Fsp3) is 0.214. The molecule has 4 rings (SSSR count). The number of phenolic OH excluding ortho intramolecular Hbond substituents is 1. The van der Waals surface area contributed by atoms with Crippen molar-refractivity contribution in [2.45, 2.75) is 33.3 Å². The number of benzene rings is 3. The summed E-state index contributed by atoms with van der Waals surface area (Å²) in [5.74, 6) is -0.492. The lowest BCUT2D eigenvalue weighted by Crippen LogP contribution is -2.38. The van der Waals surface area contributed by atoms with Gasteiger partial charge in [0.1, 0.15) is 11.4 Å². The number of fused-ring (bicyclic) bond motifs is 1. The normalized spacial score (nSPS) is 14.5. The number of halogens is 1. The SMILES string of the molecule is COc1cccc(-c2ccc(-c3cc4c(cc3Cl)N(C(=O)OC(C)(C)C)C(=O)/C4=C(\C)O)cc2)c1O. The van der Waals surface area contributed by atoms with E-state index in [1.165, 1.54) is 20.1 Å². The average Bonchev–Trinajstić information content (AvgIpc) is 3.08. The predicted molar refractivity (Wildman–Crippen MR) is 139 cm³/mol. The second-order valence-corrected chi connectivity index (χ2v) is 9.77. The van der Waals surface area contributed by atoms with Crippen molar-refractivity contribution in [1.29, 1.82) is 0 Å². The van der Waals surface area contributed by atoms with Crippen LogP contribution in [0.25, 0.3) is 27.8 Å². The lowest BCUT2D eigenvalue weighted by molar-refractivity contribution is -0.112. The van der Waals surface area contributed by atoms with Gasteiger partial charge < -0.3 is 19.7 Å². The molecule has 0 radical (unpaired) electrons. The molecular weight excluding hydrogens is 482 g/mol. The van der Waals surface area contributed by atoms with Crippen LogP contribution < -0.4 is 9.64 Å². The highest BCUT2D eigenvalue weighted by Crippen LogP contribution is 2.45. The number of hydrogen-bond donors (Lipinski definition) is 2. The lowest BCUT2D eigenvalue weighted by Gasteiger charge is -2.23. The minimum atomic E-state index is -0.851. The summed E-state index contributed by atoms with van der Waals surface area (Å²) in [6, 6.07) is 15.8. The van der Waals surface area contributed by atoms with Crippen molar-refractivity contribution in [3.8, 4) is 33.8 Å². The van der Waals surface area contributed by atoms with Gasteiger partial charge in [-0.2, -0.15) is 0 Å². The predicted octanol–water partition coefficient (Wildman–Crippen LogP) is 6.96. The van der Waals surface area contributed by atoms with Crippen molar-refractivity contribution in [1.82, 2.24) is 0 Å². The number of phenols is 1. The van der Waals surface area contributed by atoms with Gasteiger partial charge in [-0.05, 0) is 57.0 Å². The van der Waals surface area contributed by atoms with Gasteiger partial charge in [0.15, 0.2) is 11.5 Å². The van der Waals surface area contributed by atoms with E-state index in [4.69, 9.17) is 21.1 Å². The number of imide groups is 1. The fourth-order valence-electron chi connectivity index (χ4n) is 4.09. The van der Waals surface area contributed by atoms with Gasteiger partial charge in [-0.15, -0.1) is 0 Å². The Hall–Kier alpha value is -3.97. The first-order valence-corrected chi connectivity index (χ1v) is 11.6. The molecule has 1 heterocycles. The van der Waals surface area contributed by atoms with Crippen LogP contribution in [-0.2, 0) is 9.53 Å². The molecule has 0 unspecified atom stereocenters. The summed E-state index contributed by atoms with van der Waals surface area (Å²) >= 11 is 6.62. The fourth-order valence-corrected chi connectivity index (χ4v) is 4.36. The zero-order valence-corrected chi connectivity index (χ0v) is 21.3. The number of aromatic hydroxyl groups is 1. The molecule has 3 aromatic rings. The molecule has 0 aromatic heterocycles. The molecule has 0 atom stereocenters. The zero-order chi connectivity index (χ0) is 26.4. The molecule has 36 heavy (non-hydrogen) atoms. The maximum absolute atomic E-state index is 13.1. The molecule has 0 aliphatic carbocycles. The van der Waals surface area contributed by atoms with Crippen LogP contribution in [0.1, 0.15) is 33.3 Å². The van der Waals surface area contributed by atoms with E-state index in [1.807, 2.05) is 24.3 Å². The quantitative estimate of drug-likeness (QED) is 0.294. The number of anilines is 1. The van der Waals surface area contributed by atoms with Gasteiger partial charge in [0.25, 0.3) is 5.91 Å². The number of amides is 2. The Labute approximate surface area is 214 Å². The van der Waals surface area contributed by atoms with Crippen LogP contribution in [0.2, 0.25) is 5.02 Å². The highest BCUT2D eigenvalue weighted by Gasteiger charge is 2.41. The van der Waals surface area contributed by atoms with Crippen molar-refractivity contribution in [2.24, 2.45) is 0 Å². The van der Waals surface area contributed by atoms with E-state index in [2.05, 4.69) is 0 Å². The zero-order valence-electron chi connectivity index (χ0n) is 20.5. The summed E-state index contributed by atoms with van der Waals surface area (Å²) in [6.07, 6.45) is -0.851. The van der Waals surface area contributed by atoms with E-state index in [1.54, 1.807) is 45.0 Å². The van der Waals surface area contributed by atoms with Gasteiger partial charge in [0.05, 0.1) is 23.4 Å². The number of nitrogens with zero attached hydrogens (tertiary/aromatic N) is 1. The third-order valence-electron chi connectivity index (χ3n) is 5.68. The Balaban J connectivity index is 1.78. The first-order valence-electron chi connectivity index (χ1n) is 11.2. The van der Waals surface area contributed by atoms with Gasteiger partial charge in [-0.3, -0.25) is 4.79 Å². The van der Waals surface area contributed by atoms with Crippen LogP contribution in [0.5, 0.6) is 11.5 Å². The molecule has 8 heteroatoms. The number of methoxy groups -OCH3 is 1. The van der Waals surface area contributed by atoms with Crippen LogP contribution in [0.15, 0.2) is 60.4 Å². The van der Waals surface area contributed by atoms with Crippen molar-refractivity contribution < 1.29 is 29.3 Å². The van der Waals surface area contributed by atoms with E-state index in [0.29, 0.717) is 27.5 Å². The minimum Gasteiger partial charge on any atom is -0.512 e. The van der Waals surface area contributed by atoms with E-state index in [9.17, 15) is 19.8 Å². The van der Waals surface area contributed by atoms with Gasteiger partial charge >= 0.3 is 6.09 Å². The van der Waals surface area contributed by atoms with Gasteiger partial charge in [-0.25, -0.2) is 9.69 Å². The van der Waals surface area contributed by atoms with Gasteiger partial charge in [-0.1, -0.05) is 48.0 Å². The summed E-state index contributed by atoms with van der Waals surface area (Å²) in [5, 5.41) is 21.1. The molecule has 7 nitrogen and oxygen atoms in total. The maximum atomic E-state index is 13.1. The summed E-state index contributed by atoms with van der Waals surface area (Å²) in [4.78, 5) is 26.8. The highest BCUT2D eigenvalue weighted by molar-refractivity contribution is 6.41. The van der Waals surface area contributed by atoms with Crippen LogP contribution in [-0.4, -0.2) is 34.9 Å². The van der Waals surface area contributed by atoms with Crippen LogP contribution in [0.4, 0.5) is 10.5 Å². The second-order valence-electron chi connectivity index (χ2n) is 9.36. The van der Waals surface area contributed by atoms with E-state index in [0.717, 1.165) is 16.0 Å². The van der Waals surface area contributed by atoms with Crippen molar-refractivity contribution in [3.63, 3.8) is 0 Å². The molecule has 3 aromatic carbocycles. The Morgan fingerprint density at radius 3 is 2.14 bits per heavy atom. The van der Waals surface area contributed by atoms with E-state index >= 15 is 0 Å². The topological polar surface area (TPSA) is 96.3 Å². The van der Waals surface area contributed by atoms with Crippen LogP contribution >= 0.6 is 11.6 Å². The summed E-state index contributed by atoms with van der Waals surface area (Å²) in [6.45, 7) is 6.49. The number of carbonyl (C=O) groups is 2. The Kier molecular flexibility index (Phi) is 6.45. The molecular formula is C28H26ClNO6. The average molecular weight is 508 g/mol. The number of para-hydroxylation sites is 1. The number of allylic oxidation sites excluding steroid dienone is 1. The maximum Gasteiger partial charge on any atom is 0.422 e. The Morgan fingerprint density at radius 2 is 1.58 bits per heavy atom. The van der Waals surface area contributed by atoms with Crippen LogP contribution in [0, 0.1) is 0 Å². The number of carbonyl (C=O) groups excluding carboxylic acids is 2. The highest BCUT2D eigenvalue weighted by atomic mass is 35.5. The summed E-state index contributed by atoms with van der Waals surface area (Å²) < 4.78 is 10.6. The van der Waals surface area contributed by atoms with E-state index < -0.39 is 17.6 Å². The first-order chi connectivity index (χ1) is 16.9. The second kappa shape index (κ2) is 9.24. The molecule has 2 amide bonds. The smallest absolute Gasteiger partial charge is 0.422 e. The molecule has 0 saturated heterocycles.